The van der Waals surface area contributed by atoms with E-state index in [1.54, 1.807) is 0 Å². The van der Waals surface area contributed by atoms with Crippen LogP contribution in [0, 0.1) is 5.92 Å². The van der Waals surface area contributed by atoms with Crippen molar-refractivity contribution in [2.75, 3.05) is 18.0 Å². The molecule has 1 aliphatic heterocycles. The van der Waals surface area contributed by atoms with Crippen molar-refractivity contribution in [2.24, 2.45) is 5.92 Å². The highest BCUT2D eigenvalue weighted by Crippen LogP contribution is 2.27. The van der Waals surface area contributed by atoms with Crippen LogP contribution in [0.25, 0.3) is 11.0 Å². The van der Waals surface area contributed by atoms with Gasteiger partial charge in [0.15, 0.2) is 0 Å². The summed E-state index contributed by atoms with van der Waals surface area (Å²) in [6, 6.07) is 16.0. The second-order valence-corrected chi connectivity index (χ2v) is 8.08. The monoisotopic (exact) mass is 404 g/mol. The summed E-state index contributed by atoms with van der Waals surface area (Å²) in [6.45, 7) is 5.23. The van der Waals surface area contributed by atoms with Gasteiger partial charge in [-0.1, -0.05) is 44.2 Å². The highest BCUT2D eigenvalue weighted by molar-refractivity contribution is 5.95. The first kappa shape index (κ1) is 20.1. The topological polar surface area (TPSA) is 67.2 Å². The van der Waals surface area contributed by atoms with Gasteiger partial charge < -0.3 is 14.8 Å². The number of carbonyl (C=O) groups excluding carboxylic acids is 2. The van der Waals surface area contributed by atoms with Crippen LogP contribution in [0.5, 0.6) is 0 Å². The molecule has 6 heteroatoms. The molecule has 1 aromatic heterocycles. The Balaban J connectivity index is 1.57. The first-order chi connectivity index (χ1) is 14.5. The van der Waals surface area contributed by atoms with Gasteiger partial charge in [-0.15, -0.1) is 0 Å². The molecular formula is C24H28N4O2. The minimum Gasteiger partial charge on any atom is -0.355 e. The predicted octanol–water partition coefficient (Wildman–Crippen LogP) is 3.33. The lowest BCUT2D eigenvalue weighted by Gasteiger charge is -2.29. The van der Waals surface area contributed by atoms with Crippen molar-refractivity contribution in [3.05, 3.63) is 59.9 Å². The molecule has 156 valence electrons. The molecule has 2 amide bonds. The van der Waals surface area contributed by atoms with E-state index < -0.39 is 0 Å². The average Bonchev–Trinajstić information content (AvgIpc) is 3.10. The van der Waals surface area contributed by atoms with Crippen molar-refractivity contribution in [1.82, 2.24) is 14.9 Å². The predicted molar refractivity (Wildman–Crippen MR) is 118 cm³/mol. The number of aromatic nitrogens is 2. The molecule has 0 bridgehead atoms. The van der Waals surface area contributed by atoms with Gasteiger partial charge in [-0.05, 0) is 36.6 Å². The number of aryl methyl sites for hydroxylation is 1. The van der Waals surface area contributed by atoms with Crippen LogP contribution < -0.4 is 10.2 Å². The van der Waals surface area contributed by atoms with Crippen molar-refractivity contribution in [1.29, 1.82) is 0 Å². The summed E-state index contributed by atoms with van der Waals surface area (Å²) in [4.78, 5) is 31.8. The summed E-state index contributed by atoms with van der Waals surface area (Å²) in [5.41, 5.74) is 4.06. The smallest absolute Gasteiger partial charge is 0.246 e. The maximum absolute atomic E-state index is 13.3. The number of rotatable bonds is 6. The van der Waals surface area contributed by atoms with Gasteiger partial charge in [0.25, 0.3) is 0 Å². The normalized spacial score (nSPS) is 13.5. The zero-order chi connectivity index (χ0) is 21.1. The molecule has 0 saturated heterocycles. The van der Waals surface area contributed by atoms with Gasteiger partial charge in [-0.3, -0.25) is 9.59 Å². The first-order valence-corrected chi connectivity index (χ1v) is 10.6. The summed E-state index contributed by atoms with van der Waals surface area (Å²) in [6.07, 6.45) is 2.56. The van der Waals surface area contributed by atoms with Gasteiger partial charge >= 0.3 is 0 Å². The maximum Gasteiger partial charge on any atom is 0.246 e. The fourth-order valence-electron chi connectivity index (χ4n) is 4.01. The van der Waals surface area contributed by atoms with Crippen molar-refractivity contribution >= 4 is 28.5 Å². The molecule has 4 rings (SSSR count). The summed E-state index contributed by atoms with van der Waals surface area (Å²) >= 11 is 0. The average molecular weight is 405 g/mol. The maximum atomic E-state index is 13.3. The number of para-hydroxylation sites is 3. The third-order valence-electron chi connectivity index (χ3n) is 5.61. The van der Waals surface area contributed by atoms with Gasteiger partial charge in [0.05, 0.1) is 11.0 Å². The quantitative estimate of drug-likeness (QED) is 0.685. The first-order valence-electron chi connectivity index (χ1n) is 10.6. The summed E-state index contributed by atoms with van der Waals surface area (Å²) in [7, 11) is 0. The van der Waals surface area contributed by atoms with Gasteiger partial charge in [-0.25, -0.2) is 4.98 Å². The number of carbonyl (C=O) groups is 2. The molecule has 1 aliphatic rings. The molecule has 1 N–H and O–H groups in total. The molecule has 2 heterocycles. The third kappa shape index (κ3) is 4.08. The fourth-order valence-corrected chi connectivity index (χ4v) is 4.01. The number of benzene rings is 2. The van der Waals surface area contributed by atoms with Crippen molar-refractivity contribution in [3.63, 3.8) is 0 Å². The zero-order valence-corrected chi connectivity index (χ0v) is 17.6. The summed E-state index contributed by atoms with van der Waals surface area (Å²) in [5, 5.41) is 2.94. The summed E-state index contributed by atoms with van der Waals surface area (Å²) < 4.78 is 2.00. The standard InChI is InChI=1S/C24H28N4O2/c1-17(2)24(30)25-14-13-22-26-19-10-4-6-12-21(19)28(22)16-23(29)27-15-7-9-18-8-3-5-11-20(18)27/h3-6,8,10-12,17H,7,9,13-16H2,1-2H3,(H,25,30). The van der Waals surface area contributed by atoms with Gasteiger partial charge in [0.1, 0.15) is 12.4 Å². The van der Waals surface area contributed by atoms with E-state index in [1.165, 1.54) is 5.56 Å². The lowest BCUT2D eigenvalue weighted by Crippen LogP contribution is -2.38. The Morgan fingerprint density at radius 2 is 1.87 bits per heavy atom. The van der Waals surface area contributed by atoms with Crippen LogP contribution >= 0.6 is 0 Å². The van der Waals surface area contributed by atoms with E-state index in [1.807, 2.05) is 65.8 Å². The van der Waals surface area contributed by atoms with Crippen molar-refractivity contribution in [3.8, 4) is 0 Å². The molecular weight excluding hydrogens is 376 g/mol. The SMILES string of the molecule is CC(C)C(=O)NCCc1nc2ccccc2n1CC(=O)N1CCCc2ccccc21. The minimum absolute atomic E-state index is 0.0265. The van der Waals surface area contributed by atoms with E-state index in [4.69, 9.17) is 4.98 Å². The Morgan fingerprint density at radius 3 is 2.70 bits per heavy atom. The van der Waals surface area contributed by atoms with E-state index in [-0.39, 0.29) is 24.3 Å². The number of hydrogen-bond donors (Lipinski definition) is 1. The van der Waals surface area contributed by atoms with Crippen molar-refractivity contribution < 1.29 is 9.59 Å². The number of anilines is 1. The van der Waals surface area contributed by atoms with Crippen LogP contribution in [0.1, 0.15) is 31.7 Å². The highest BCUT2D eigenvalue weighted by atomic mass is 16.2. The highest BCUT2D eigenvalue weighted by Gasteiger charge is 2.24. The second kappa shape index (κ2) is 8.69. The van der Waals surface area contributed by atoms with Crippen LogP contribution in [0.15, 0.2) is 48.5 Å². The Kier molecular flexibility index (Phi) is 5.84. The fraction of sp³-hybridized carbons (Fsp3) is 0.375. The van der Waals surface area contributed by atoms with Gasteiger partial charge in [0.2, 0.25) is 11.8 Å². The Morgan fingerprint density at radius 1 is 1.10 bits per heavy atom. The molecule has 0 saturated carbocycles. The largest absolute Gasteiger partial charge is 0.355 e. The number of hydrogen-bond acceptors (Lipinski definition) is 3. The molecule has 30 heavy (non-hydrogen) atoms. The lowest BCUT2D eigenvalue weighted by atomic mass is 10.0. The Bertz CT molecular complexity index is 1070. The Hall–Kier alpha value is -3.15. The molecule has 2 aromatic carbocycles. The number of amides is 2. The van der Waals surface area contributed by atoms with Crippen LogP contribution in [-0.4, -0.2) is 34.5 Å². The zero-order valence-electron chi connectivity index (χ0n) is 17.6. The molecule has 0 radical (unpaired) electrons. The van der Waals surface area contributed by atoms with Crippen LogP contribution in [-0.2, 0) is 29.0 Å². The van der Waals surface area contributed by atoms with Crippen LogP contribution in [0.4, 0.5) is 5.69 Å². The van der Waals surface area contributed by atoms with Gasteiger partial charge in [0, 0.05) is 31.1 Å². The minimum atomic E-state index is -0.0513. The van der Waals surface area contributed by atoms with Crippen LogP contribution in [0.2, 0.25) is 0 Å². The van der Waals surface area contributed by atoms with E-state index in [0.717, 1.165) is 41.9 Å². The van der Waals surface area contributed by atoms with Crippen molar-refractivity contribution in [2.45, 2.75) is 39.7 Å². The Labute approximate surface area is 176 Å². The van der Waals surface area contributed by atoms with E-state index >= 15 is 0 Å². The molecule has 6 nitrogen and oxygen atoms in total. The molecule has 0 aliphatic carbocycles. The molecule has 3 aromatic rings. The second-order valence-electron chi connectivity index (χ2n) is 8.08. The third-order valence-corrected chi connectivity index (χ3v) is 5.61. The van der Waals surface area contributed by atoms with Gasteiger partial charge in [-0.2, -0.15) is 0 Å². The molecule has 0 fully saturated rings. The number of nitrogens with one attached hydrogen (secondary N) is 1. The number of fused-ring (bicyclic) bond motifs is 2. The van der Waals surface area contributed by atoms with E-state index in [9.17, 15) is 9.59 Å². The lowest BCUT2D eigenvalue weighted by molar-refractivity contribution is -0.124. The molecule has 0 unspecified atom stereocenters. The number of imidazole rings is 1. The van der Waals surface area contributed by atoms with E-state index in [0.29, 0.717) is 13.0 Å². The number of nitrogens with zero attached hydrogens (tertiary/aromatic N) is 3. The molecule has 0 atom stereocenters. The molecule has 0 spiro atoms. The summed E-state index contributed by atoms with van der Waals surface area (Å²) in [5.74, 6) is 0.861. The van der Waals surface area contributed by atoms with Crippen LogP contribution in [0.3, 0.4) is 0 Å². The van der Waals surface area contributed by atoms with E-state index in [2.05, 4.69) is 11.4 Å².